The first-order chi connectivity index (χ1) is 7.11. The van der Waals surface area contributed by atoms with Crippen LogP contribution in [0.3, 0.4) is 0 Å². The maximum absolute atomic E-state index is 9.61. The molecule has 0 amide bonds. The summed E-state index contributed by atoms with van der Waals surface area (Å²) in [7, 11) is 0. The number of carboxylic acids is 4. The van der Waals surface area contributed by atoms with Gasteiger partial charge in [-0.2, -0.15) is 0 Å². The Balaban J connectivity index is -0.0000000408. The van der Waals surface area contributed by atoms with Gasteiger partial charge in [-0.1, -0.05) is 13.8 Å². The molecule has 8 nitrogen and oxygen atoms in total. The summed E-state index contributed by atoms with van der Waals surface area (Å²) in [6.45, 7) is 1.98. The third kappa shape index (κ3) is 22.2. The first kappa shape index (κ1) is 37.8. The van der Waals surface area contributed by atoms with Crippen molar-refractivity contribution in [3.63, 3.8) is 0 Å². The third-order valence-electron chi connectivity index (χ3n) is 1.41. The molecule has 0 N–H and O–H groups in total. The summed E-state index contributed by atoms with van der Waals surface area (Å²) in [5.74, 6) is -9.52. The molecular weight excluding hydrogens is 316 g/mol. The molecule has 0 aliphatic rings. The molecule has 0 aliphatic heterocycles. The van der Waals surface area contributed by atoms with E-state index in [1.54, 1.807) is 0 Å². The second kappa shape index (κ2) is 20.9. The predicted octanol–water partition coefficient (Wildman–Crippen LogP) is -17.7. The van der Waals surface area contributed by atoms with Crippen LogP contribution in [-0.4, -0.2) is 23.9 Å². The van der Waals surface area contributed by atoms with Crippen LogP contribution in [0.1, 0.15) is 13.8 Å². The average Bonchev–Trinajstić information content (AvgIpc) is 2.15. The Morgan fingerprint density at radius 1 is 0.550 bits per heavy atom. The van der Waals surface area contributed by atoms with Gasteiger partial charge in [-0.05, 0) is 0 Å². The molecule has 0 saturated heterocycles. The number of hydrogen-bond acceptors (Lipinski definition) is 8. The minimum absolute atomic E-state index is 0. The third-order valence-corrected chi connectivity index (χ3v) is 1.41. The number of rotatable bonds is 4. The van der Waals surface area contributed by atoms with Gasteiger partial charge in [0.15, 0.2) is 0 Å². The van der Waals surface area contributed by atoms with Crippen molar-refractivity contribution in [1.82, 2.24) is 0 Å². The smallest absolute Gasteiger partial charge is 0.549 e. The van der Waals surface area contributed by atoms with Gasteiger partial charge in [0, 0.05) is 35.7 Å². The van der Waals surface area contributed by atoms with Gasteiger partial charge in [0.1, 0.15) is 0 Å². The fraction of sp³-hybridized carbons (Fsp3) is 0.500. The van der Waals surface area contributed by atoms with Crippen LogP contribution in [0.2, 0.25) is 0 Å². The summed E-state index contributed by atoms with van der Waals surface area (Å²) < 4.78 is 0. The van der Waals surface area contributed by atoms with E-state index >= 15 is 0 Å². The molecule has 0 saturated carbocycles. The largest absolute Gasteiger partial charge is 1.00 e. The molecule has 0 unspecified atom stereocenters. The standard InChI is InChI=1S/2C4H6O4.4Na/c2*1-2(3(5)6)4(7)8;;;;/h2*2H,1H3,(H,5,6)(H,7,8);;;;/q;;4*+1/p-4. The molecule has 0 spiro atoms. The number of carbonyl (C=O) groups is 4. The van der Waals surface area contributed by atoms with Crippen molar-refractivity contribution in [2.75, 3.05) is 0 Å². The van der Waals surface area contributed by atoms with Crippen LogP contribution in [0.5, 0.6) is 0 Å². The molecule has 92 valence electrons. The van der Waals surface area contributed by atoms with E-state index in [4.69, 9.17) is 0 Å². The molecule has 0 rings (SSSR count). The molecule has 0 radical (unpaired) electrons. The Bertz CT molecular complexity index is 251. The van der Waals surface area contributed by atoms with E-state index in [2.05, 4.69) is 0 Å². The van der Waals surface area contributed by atoms with Crippen LogP contribution in [0.15, 0.2) is 0 Å². The molecule has 0 fully saturated rings. The van der Waals surface area contributed by atoms with Gasteiger partial charge in [0.05, 0.1) is 0 Å². The van der Waals surface area contributed by atoms with Crippen LogP contribution in [-0.2, 0) is 19.2 Å². The molecule has 0 aromatic carbocycles. The summed E-state index contributed by atoms with van der Waals surface area (Å²) in [6, 6.07) is 0. The van der Waals surface area contributed by atoms with Gasteiger partial charge in [-0.3, -0.25) is 0 Å². The minimum atomic E-state index is -1.62. The second-order valence-corrected chi connectivity index (χ2v) is 2.72. The Kier molecular flexibility index (Phi) is 39.5. The van der Waals surface area contributed by atoms with Crippen molar-refractivity contribution in [3.8, 4) is 0 Å². The first-order valence-corrected chi connectivity index (χ1v) is 3.94. The van der Waals surface area contributed by atoms with E-state index in [-0.39, 0.29) is 118 Å². The van der Waals surface area contributed by atoms with Crippen molar-refractivity contribution < 1.29 is 158 Å². The number of carbonyl (C=O) groups excluding carboxylic acids is 4. The van der Waals surface area contributed by atoms with Gasteiger partial charge in [-0.25, -0.2) is 0 Å². The van der Waals surface area contributed by atoms with Gasteiger partial charge in [-0.15, -0.1) is 0 Å². The molecule has 0 aliphatic carbocycles. The predicted molar refractivity (Wildman–Crippen MR) is 38.4 cm³/mol. The molecule has 0 bridgehead atoms. The van der Waals surface area contributed by atoms with Crippen molar-refractivity contribution >= 4 is 23.9 Å². The van der Waals surface area contributed by atoms with E-state index in [0.29, 0.717) is 0 Å². The monoisotopic (exact) mass is 324 g/mol. The molecular formula is C8H8Na4O8. The molecule has 0 heterocycles. The van der Waals surface area contributed by atoms with Crippen LogP contribution >= 0.6 is 0 Å². The summed E-state index contributed by atoms with van der Waals surface area (Å²) in [4.78, 5) is 38.4. The maximum atomic E-state index is 9.61. The van der Waals surface area contributed by atoms with E-state index in [1.165, 1.54) is 0 Å². The van der Waals surface area contributed by atoms with E-state index < -0.39 is 35.7 Å². The number of hydrogen-bond donors (Lipinski definition) is 0. The van der Waals surface area contributed by atoms with Gasteiger partial charge >= 0.3 is 118 Å². The van der Waals surface area contributed by atoms with Crippen molar-refractivity contribution in [2.45, 2.75) is 13.8 Å². The second-order valence-electron chi connectivity index (χ2n) is 2.72. The Morgan fingerprint density at radius 2 is 0.650 bits per heavy atom. The normalized spacial score (nSPS) is 7.40. The Hall–Kier alpha value is 1.88. The minimum Gasteiger partial charge on any atom is -0.549 e. The molecule has 0 aromatic heterocycles. The van der Waals surface area contributed by atoms with E-state index in [9.17, 15) is 39.6 Å². The summed E-state index contributed by atoms with van der Waals surface area (Å²) >= 11 is 0. The van der Waals surface area contributed by atoms with Gasteiger partial charge < -0.3 is 39.6 Å². The summed E-state index contributed by atoms with van der Waals surface area (Å²) in [5.41, 5.74) is 0. The zero-order valence-electron chi connectivity index (χ0n) is 12.4. The van der Waals surface area contributed by atoms with Gasteiger partial charge in [0.25, 0.3) is 0 Å². The Labute approximate surface area is 204 Å². The molecule has 0 atom stereocenters. The van der Waals surface area contributed by atoms with Crippen molar-refractivity contribution in [1.29, 1.82) is 0 Å². The van der Waals surface area contributed by atoms with E-state index in [1.807, 2.05) is 0 Å². The van der Waals surface area contributed by atoms with Crippen molar-refractivity contribution in [3.05, 3.63) is 0 Å². The Morgan fingerprint density at radius 3 is 0.650 bits per heavy atom. The molecule has 20 heavy (non-hydrogen) atoms. The fourth-order valence-electron chi connectivity index (χ4n) is 0.192. The first-order valence-electron chi connectivity index (χ1n) is 3.94. The van der Waals surface area contributed by atoms with Crippen LogP contribution < -0.4 is 139 Å². The van der Waals surface area contributed by atoms with Crippen LogP contribution in [0.25, 0.3) is 0 Å². The van der Waals surface area contributed by atoms with Gasteiger partial charge in [0.2, 0.25) is 0 Å². The number of carboxylic acid groups (broad SMARTS) is 4. The van der Waals surface area contributed by atoms with E-state index in [0.717, 1.165) is 13.8 Å². The maximum Gasteiger partial charge on any atom is 1.00 e. The SMILES string of the molecule is CC(C(=O)[O-])C(=O)[O-].CC(C(=O)[O-])C(=O)[O-].[Na+].[Na+].[Na+].[Na+]. The van der Waals surface area contributed by atoms with Crippen molar-refractivity contribution in [2.24, 2.45) is 11.8 Å². The summed E-state index contributed by atoms with van der Waals surface area (Å²) in [6.07, 6.45) is 0. The topological polar surface area (TPSA) is 161 Å². The van der Waals surface area contributed by atoms with Crippen LogP contribution in [0, 0.1) is 11.8 Å². The zero-order chi connectivity index (χ0) is 13.5. The summed E-state index contributed by atoms with van der Waals surface area (Å²) in [5, 5.41) is 38.4. The molecule has 0 aromatic rings. The molecule has 12 heteroatoms. The van der Waals surface area contributed by atoms with Crippen LogP contribution in [0.4, 0.5) is 0 Å². The quantitative estimate of drug-likeness (QED) is 0.364. The number of aliphatic carboxylic acids is 4. The zero-order valence-corrected chi connectivity index (χ0v) is 20.4. The fourth-order valence-corrected chi connectivity index (χ4v) is 0.192. The average molecular weight is 324 g/mol.